The minimum Gasteiger partial charge on any atom is -0.493 e. The van der Waals surface area contributed by atoms with Gasteiger partial charge in [-0.3, -0.25) is 10.1 Å². The van der Waals surface area contributed by atoms with Gasteiger partial charge in [-0.05, 0) is 18.6 Å². The maximum Gasteiger partial charge on any atom is 0.315 e. The van der Waals surface area contributed by atoms with Crippen molar-refractivity contribution in [2.24, 2.45) is 0 Å². The Morgan fingerprint density at radius 1 is 1.41 bits per heavy atom. The van der Waals surface area contributed by atoms with Crippen LogP contribution < -0.4 is 9.47 Å². The number of benzene rings is 1. The molecule has 1 rings (SSSR count). The fraction of sp³-hybridized carbons (Fsp3) is 0.364. The number of nitro benzene ring substituents is 1. The zero-order valence-corrected chi connectivity index (χ0v) is 9.76. The van der Waals surface area contributed by atoms with Gasteiger partial charge in [-0.25, -0.2) is 0 Å². The number of nitrogens with zero attached hydrogens (tertiary/aromatic N) is 2. The lowest BCUT2D eigenvalue weighted by molar-refractivity contribution is -0.385. The quantitative estimate of drug-likeness (QED) is 0.591. The lowest BCUT2D eigenvalue weighted by Crippen LogP contribution is -2.00. The first-order valence-electron chi connectivity index (χ1n) is 4.85. The molecule has 0 aliphatic rings. The summed E-state index contributed by atoms with van der Waals surface area (Å²) < 4.78 is 9.97. The molecule has 0 saturated carbocycles. The van der Waals surface area contributed by atoms with E-state index in [0.29, 0.717) is 5.56 Å². The largest absolute Gasteiger partial charge is 0.493 e. The highest BCUT2D eigenvalue weighted by Gasteiger charge is 2.23. The van der Waals surface area contributed by atoms with Gasteiger partial charge in [-0.1, -0.05) is 0 Å². The standard InChI is InChI=1S/C11H12N2O4/c1-7(6-12)8-4-9(13(14)15)11(17-3)10(5-8)16-2/h4-5,7H,1-3H3. The molecule has 0 fully saturated rings. The average Bonchev–Trinajstić information content (AvgIpc) is 2.35. The predicted molar refractivity (Wildman–Crippen MR) is 60.2 cm³/mol. The molecule has 6 nitrogen and oxygen atoms in total. The summed E-state index contributed by atoms with van der Waals surface area (Å²) in [5.74, 6) is -0.140. The Morgan fingerprint density at radius 2 is 2.06 bits per heavy atom. The third-order valence-corrected chi connectivity index (χ3v) is 2.37. The summed E-state index contributed by atoms with van der Waals surface area (Å²) in [5.41, 5.74) is 0.320. The summed E-state index contributed by atoms with van der Waals surface area (Å²) in [5, 5.41) is 19.7. The Hall–Kier alpha value is -2.29. The molecule has 0 N–H and O–H groups in total. The Labute approximate surface area is 98.5 Å². The highest BCUT2D eigenvalue weighted by Crippen LogP contribution is 2.39. The number of hydrogen-bond acceptors (Lipinski definition) is 5. The lowest BCUT2D eigenvalue weighted by Gasteiger charge is -2.11. The van der Waals surface area contributed by atoms with E-state index in [9.17, 15) is 10.1 Å². The molecule has 0 aliphatic heterocycles. The number of hydrogen-bond donors (Lipinski definition) is 0. The molecule has 0 aromatic heterocycles. The van der Waals surface area contributed by atoms with E-state index in [-0.39, 0.29) is 17.2 Å². The molecule has 0 aliphatic carbocycles. The highest BCUT2D eigenvalue weighted by molar-refractivity contribution is 5.59. The van der Waals surface area contributed by atoms with Crippen LogP contribution in [0, 0.1) is 21.4 Å². The van der Waals surface area contributed by atoms with E-state index < -0.39 is 10.8 Å². The second-order valence-electron chi connectivity index (χ2n) is 3.38. The topological polar surface area (TPSA) is 85.4 Å². The number of nitro groups is 1. The second-order valence-corrected chi connectivity index (χ2v) is 3.38. The van der Waals surface area contributed by atoms with Crippen LogP contribution in [0.3, 0.4) is 0 Å². The molecule has 0 spiro atoms. The Bertz CT molecular complexity index is 479. The summed E-state index contributed by atoms with van der Waals surface area (Å²) in [6, 6.07) is 4.91. The molecule has 0 radical (unpaired) electrons. The first kappa shape index (κ1) is 12.8. The van der Waals surface area contributed by atoms with Gasteiger partial charge in [0.2, 0.25) is 5.75 Å². The van der Waals surface area contributed by atoms with Gasteiger partial charge in [0, 0.05) is 6.07 Å². The van der Waals surface area contributed by atoms with Crippen LogP contribution in [-0.4, -0.2) is 19.1 Å². The third-order valence-electron chi connectivity index (χ3n) is 2.37. The molecule has 1 aromatic rings. The highest BCUT2D eigenvalue weighted by atomic mass is 16.6. The molecule has 0 saturated heterocycles. The summed E-state index contributed by atoms with van der Waals surface area (Å²) in [7, 11) is 2.72. The van der Waals surface area contributed by atoms with Gasteiger partial charge in [-0.15, -0.1) is 0 Å². The molecular formula is C11H12N2O4. The van der Waals surface area contributed by atoms with Gasteiger partial charge >= 0.3 is 5.69 Å². The van der Waals surface area contributed by atoms with Crippen LogP contribution in [0.2, 0.25) is 0 Å². The first-order valence-corrected chi connectivity index (χ1v) is 4.85. The van der Waals surface area contributed by atoms with Gasteiger partial charge in [0.25, 0.3) is 0 Å². The van der Waals surface area contributed by atoms with Crippen LogP contribution in [0.25, 0.3) is 0 Å². The molecule has 0 amide bonds. The van der Waals surface area contributed by atoms with Crippen LogP contribution in [0.15, 0.2) is 12.1 Å². The fourth-order valence-electron chi connectivity index (χ4n) is 1.43. The Balaban J connectivity index is 3.46. The summed E-state index contributed by atoms with van der Waals surface area (Å²) in [6.07, 6.45) is 0. The number of nitriles is 1. The normalized spacial score (nSPS) is 11.4. The molecule has 0 heterocycles. The third kappa shape index (κ3) is 2.45. The van der Waals surface area contributed by atoms with Gasteiger partial charge in [-0.2, -0.15) is 5.26 Å². The minimum atomic E-state index is -0.561. The number of methoxy groups -OCH3 is 2. The average molecular weight is 236 g/mol. The molecule has 1 aromatic carbocycles. The lowest BCUT2D eigenvalue weighted by atomic mass is 10.0. The minimum absolute atomic E-state index is 0.0615. The molecular weight excluding hydrogens is 224 g/mol. The Kier molecular flexibility index (Phi) is 3.88. The van der Waals surface area contributed by atoms with E-state index in [1.807, 2.05) is 6.07 Å². The summed E-state index contributed by atoms with van der Waals surface area (Å²) in [4.78, 5) is 10.3. The molecule has 0 bridgehead atoms. The number of ether oxygens (including phenoxy) is 2. The smallest absolute Gasteiger partial charge is 0.315 e. The zero-order valence-electron chi connectivity index (χ0n) is 9.76. The van der Waals surface area contributed by atoms with Crippen molar-refractivity contribution in [2.75, 3.05) is 14.2 Å². The second kappa shape index (κ2) is 5.16. The van der Waals surface area contributed by atoms with Crippen molar-refractivity contribution in [3.05, 3.63) is 27.8 Å². The van der Waals surface area contributed by atoms with E-state index in [1.54, 1.807) is 13.0 Å². The van der Waals surface area contributed by atoms with Crippen molar-refractivity contribution in [3.63, 3.8) is 0 Å². The van der Waals surface area contributed by atoms with Crippen LogP contribution in [-0.2, 0) is 0 Å². The van der Waals surface area contributed by atoms with Crippen molar-refractivity contribution in [1.82, 2.24) is 0 Å². The molecule has 17 heavy (non-hydrogen) atoms. The fourth-order valence-corrected chi connectivity index (χ4v) is 1.43. The van der Waals surface area contributed by atoms with Crippen LogP contribution in [0.4, 0.5) is 5.69 Å². The molecule has 1 atom stereocenters. The number of rotatable bonds is 4. The maximum atomic E-state index is 10.9. The van der Waals surface area contributed by atoms with Gasteiger partial charge < -0.3 is 9.47 Å². The van der Waals surface area contributed by atoms with Crippen LogP contribution in [0.5, 0.6) is 11.5 Å². The van der Waals surface area contributed by atoms with Crippen LogP contribution >= 0.6 is 0 Å². The zero-order chi connectivity index (χ0) is 13.0. The van der Waals surface area contributed by atoms with E-state index >= 15 is 0 Å². The van der Waals surface area contributed by atoms with Crippen molar-refractivity contribution >= 4 is 5.69 Å². The van der Waals surface area contributed by atoms with Crippen molar-refractivity contribution < 1.29 is 14.4 Å². The van der Waals surface area contributed by atoms with E-state index in [1.165, 1.54) is 20.3 Å². The summed E-state index contributed by atoms with van der Waals surface area (Å²) >= 11 is 0. The van der Waals surface area contributed by atoms with E-state index in [0.717, 1.165) is 0 Å². The monoisotopic (exact) mass is 236 g/mol. The SMILES string of the molecule is COc1cc(C(C)C#N)cc([N+](=O)[O-])c1OC. The predicted octanol–water partition coefficient (Wildman–Crippen LogP) is 2.24. The van der Waals surface area contributed by atoms with Gasteiger partial charge in [0.15, 0.2) is 5.75 Å². The van der Waals surface area contributed by atoms with Crippen molar-refractivity contribution in [1.29, 1.82) is 5.26 Å². The molecule has 90 valence electrons. The van der Waals surface area contributed by atoms with E-state index in [2.05, 4.69) is 0 Å². The van der Waals surface area contributed by atoms with Crippen molar-refractivity contribution in [3.8, 4) is 17.6 Å². The molecule has 6 heteroatoms. The maximum absolute atomic E-state index is 10.9. The van der Waals surface area contributed by atoms with Gasteiger partial charge in [0.1, 0.15) is 0 Å². The summed E-state index contributed by atoms with van der Waals surface area (Å²) in [6.45, 7) is 1.66. The Morgan fingerprint density at radius 3 is 2.47 bits per heavy atom. The molecule has 1 unspecified atom stereocenters. The first-order chi connectivity index (χ1) is 8.04. The van der Waals surface area contributed by atoms with Gasteiger partial charge in [0.05, 0.1) is 31.1 Å². The van der Waals surface area contributed by atoms with Crippen molar-refractivity contribution in [2.45, 2.75) is 12.8 Å². The van der Waals surface area contributed by atoms with E-state index in [4.69, 9.17) is 14.7 Å². The van der Waals surface area contributed by atoms with Crippen LogP contribution in [0.1, 0.15) is 18.4 Å².